The molecule has 3 N–H and O–H groups in total. The Morgan fingerprint density at radius 1 is 1.17 bits per heavy atom. The second kappa shape index (κ2) is 16.7. The lowest BCUT2D eigenvalue weighted by Gasteiger charge is -2.19. The van der Waals surface area contributed by atoms with Crippen LogP contribution in [0.15, 0.2) is 24.3 Å². The van der Waals surface area contributed by atoms with Crippen LogP contribution in [-0.2, 0) is 20.8 Å². The Hall–Kier alpha value is -2.06. The number of hydrogen-bond acceptors (Lipinski definition) is 6. The fourth-order valence-corrected chi connectivity index (χ4v) is 2.83. The summed E-state index contributed by atoms with van der Waals surface area (Å²) in [4.78, 5) is 34.8. The molecule has 0 bridgehead atoms. The minimum Gasteiger partial charge on any atom is -0.486 e. The molecule has 1 fully saturated rings. The fraction of sp³-hybridized carbons (Fsp3) is 0.591. The van der Waals surface area contributed by atoms with Crippen LogP contribution in [0, 0.1) is 5.92 Å². The molecule has 0 aromatic heterocycles. The third-order valence-electron chi connectivity index (χ3n) is 3.69. The van der Waals surface area contributed by atoms with Gasteiger partial charge in [0.25, 0.3) is 5.91 Å². The minimum absolute atomic E-state index is 0.00716. The molecule has 1 aromatic rings. The maximum atomic E-state index is 12.4. The molecular formula is C22H36N2O5S. The van der Waals surface area contributed by atoms with Gasteiger partial charge in [-0.25, -0.2) is 0 Å². The number of hydrogen-bond donors (Lipinski definition) is 3. The molecule has 1 aliphatic carbocycles. The summed E-state index contributed by atoms with van der Waals surface area (Å²) < 4.78 is 8.06. The van der Waals surface area contributed by atoms with Gasteiger partial charge in [0.2, 0.25) is 5.91 Å². The van der Waals surface area contributed by atoms with Crippen molar-refractivity contribution in [3.05, 3.63) is 29.8 Å². The number of carbonyl (C=O) groups excluding carboxylic acids is 3. The first-order valence-electron chi connectivity index (χ1n) is 10.3. The van der Waals surface area contributed by atoms with E-state index in [-0.39, 0.29) is 24.3 Å². The Bertz CT molecular complexity index is 618. The van der Waals surface area contributed by atoms with Crippen LogP contribution in [0.2, 0.25) is 0 Å². The van der Waals surface area contributed by atoms with E-state index in [1.165, 1.54) is 18.4 Å². The topological polar surface area (TPSA) is 105 Å². The molecule has 2 amide bonds. The zero-order valence-electron chi connectivity index (χ0n) is 18.6. The van der Waals surface area contributed by atoms with Gasteiger partial charge in [-0.1, -0.05) is 46.2 Å². The number of amides is 2. The molecule has 0 heterocycles. The molecule has 2 rings (SSSR count). The van der Waals surface area contributed by atoms with Crippen LogP contribution in [0.4, 0.5) is 0 Å². The van der Waals surface area contributed by atoms with Gasteiger partial charge in [0.15, 0.2) is 6.29 Å². The molecule has 7 nitrogen and oxygen atoms in total. The van der Waals surface area contributed by atoms with Crippen molar-refractivity contribution in [1.29, 1.82) is 0 Å². The van der Waals surface area contributed by atoms with Crippen molar-refractivity contribution in [1.82, 2.24) is 10.0 Å². The monoisotopic (exact) mass is 440 g/mol. The predicted octanol–water partition coefficient (Wildman–Crippen LogP) is 2.90. The first kappa shape index (κ1) is 27.9. The largest absolute Gasteiger partial charge is 0.486 e. The van der Waals surface area contributed by atoms with Crippen molar-refractivity contribution < 1.29 is 24.2 Å². The highest BCUT2D eigenvalue weighted by molar-refractivity contribution is 7.98. The lowest BCUT2D eigenvalue weighted by Crippen LogP contribution is -2.47. The smallest absolute Gasteiger partial charge is 0.252 e. The molecule has 1 atom stereocenters. The summed E-state index contributed by atoms with van der Waals surface area (Å²) in [5, 5.41) is 10.3. The first-order chi connectivity index (χ1) is 14.4. The van der Waals surface area contributed by atoms with Gasteiger partial charge in [-0.3, -0.25) is 19.1 Å². The third-order valence-corrected chi connectivity index (χ3v) is 4.81. The second-order valence-corrected chi connectivity index (χ2v) is 8.14. The summed E-state index contributed by atoms with van der Waals surface area (Å²) in [5.74, 6) is 0.0625. The Labute approximate surface area is 184 Å². The molecule has 0 spiro atoms. The molecule has 170 valence electrons. The van der Waals surface area contributed by atoms with Crippen LogP contribution >= 0.6 is 11.9 Å². The number of ether oxygens (including phenoxy) is 1. The van der Waals surface area contributed by atoms with Crippen LogP contribution in [0.1, 0.15) is 52.5 Å². The van der Waals surface area contributed by atoms with Gasteiger partial charge in [0.1, 0.15) is 18.4 Å². The van der Waals surface area contributed by atoms with Crippen molar-refractivity contribution in [3.63, 3.8) is 0 Å². The van der Waals surface area contributed by atoms with E-state index in [1.807, 2.05) is 12.1 Å². The van der Waals surface area contributed by atoms with Crippen molar-refractivity contribution >= 4 is 30.0 Å². The van der Waals surface area contributed by atoms with Gasteiger partial charge < -0.3 is 15.2 Å². The molecule has 8 heteroatoms. The molecule has 30 heavy (non-hydrogen) atoms. The van der Waals surface area contributed by atoms with Crippen molar-refractivity contribution in [2.45, 2.75) is 64.7 Å². The summed E-state index contributed by atoms with van der Waals surface area (Å²) >= 11 is 1.43. The Balaban J connectivity index is 0.00000154. The highest BCUT2D eigenvalue weighted by atomic mass is 32.2. The summed E-state index contributed by atoms with van der Waals surface area (Å²) in [7, 11) is 1.00. The lowest BCUT2D eigenvalue weighted by molar-refractivity contribution is -0.129. The van der Waals surface area contributed by atoms with Gasteiger partial charge in [0, 0.05) is 24.7 Å². The highest BCUT2D eigenvalue weighted by Gasteiger charge is 2.27. The quantitative estimate of drug-likeness (QED) is 0.382. The van der Waals surface area contributed by atoms with Gasteiger partial charge in [0.05, 0.1) is 0 Å². The van der Waals surface area contributed by atoms with Gasteiger partial charge in [-0.15, -0.1) is 0 Å². The maximum absolute atomic E-state index is 12.4. The van der Waals surface area contributed by atoms with Gasteiger partial charge in [-0.05, 0) is 42.5 Å². The standard InChI is InChI=1S/C18H24N2O4S.C3H8.CH4O/c1-12(2)17(22)19-16(18(23)20-25-15-7-8-15)11-13-3-5-14(6-4-13)24-10-9-21;1-3-2;1-2/h3-6,9,12,15-16H,7-8,10-11H2,1-2H3,(H,19,22)(H,20,23);3H2,1-2H3;2H,1H3/t16-;;/m0../s1. The van der Waals surface area contributed by atoms with E-state index in [0.717, 1.165) is 25.5 Å². The molecule has 0 unspecified atom stereocenters. The molecule has 0 radical (unpaired) electrons. The average molecular weight is 441 g/mol. The van der Waals surface area contributed by atoms with Gasteiger partial charge in [-0.2, -0.15) is 0 Å². The van der Waals surface area contributed by atoms with Crippen LogP contribution in [0.5, 0.6) is 5.75 Å². The Morgan fingerprint density at radius 2 is 1.73 bits per heavy atom. The van der Waals surface area contributed by atoms with Gasteiger partial charge >= 0.3 is 0 Å². The predicted molar refractivity (Wildman–Crippen MR) is 121 cm³/mol. The minimum atomic E-state index is -0.622. The number of aldehydes is 1. The fourth-order valence-electron chi connectivity index (χ4n) is 2.03. The third kappa shape index (κ3) is 12.5. The number of nitrogens with one attached hydrogen (secondary N) is 2. The maximum Gasteiger partial charge on any atom is 0.252 e. The number of benzene rings is 1. The average Bonchev–Trinajstić information content (AvgIpc) is 3.57. The highest BCUT2D eigenvalue weighted by Crippen LogP contribution is 2.31. The van der Waals surface area contributed by atoms with Crippen molar-refractivity contribution in [3.8, 4) is 5.75 Å². The van der Waals surface area contributed by atoms with Crippen LogP contribution in [0.25, 0.3) is 0 Å². The second-order valence-electron chi connectivity index (χ2n) is 7.03. The van der Waals surface area contributed by atoms with Crippen LogP contribution in [-0.4, -0.2) is 48.2 Å². The first-order valence-corrected chi connectivity index (χ1v) is 11.1. The summed E-state index contributed by atoms with van der Waals surface area (Å²) in [6, 6.07) is 6.53. The van der Waals surface area contributed by atoms with Crippen LogP contribution < -0.4 is 14.8 Å². The zero-order chi connectivity index (χ0) is 22.9. The molecule has 0 saturated heterocycles. The Kier molecular flexibility index (Phi) is 15.6. The normalized spacial score (nSPS) is 13.0. The molecular weight excluding hydrogens is 404 g/mol. The molecule has 1 saturated carbocycles. The summed E-state index contributed by atoms with van der Waals surface area (Å²) in [5.41, 5.74) is 0.902. The molecule has 0 aliphatic heterocycles. The number of carbonyl (C=O) groups is 3. The van der Waals surface area contributed by atoms with E-state index in [1.54, 1.807) is 26.0 Å². The van der Waals surface area contributed by atoms with E-state index in [0.29, 0.717) is 23.7 Å². The molecule has 1 aromatic carbocycles. The van der Waals surface area contributed by atoms with E-state index in [2.05, 4.69) is 23.9 Å². The Morgan fingerprint density at radius 3 is 2.20 bits per heavy atom. The van der Waals surface area contributed by atoms with Crippen molar-refractivity contribution in [2.75, 3.05) is 13.7 Å². The van der Waals surface area contributed by atoms with Crippen molar-refractivity contribution in [2.24, 2.45) is 5.92 Å². The SMILES string of the molecule is CC(C)C(=O)N[C@@H](Cc1ccc(OCC=O)cc1)C(=O)NSC1CC1.CCC.CO. The van der Waals surface area contributed by atoms with Crippen LogP contribution in [0.3, 0.4) is 0 Å². The summed E-state index contributed by atoms with van der Waals surface area (Å²) in [6.07, 6.45) is 4.57. The lowest BCUT2D eigenvalue weighted by atomic mass is 10.0. The van der Waals surface area contributed by atoms with E-state index in [4.69, 9.17) is 9.84 Å². The summed E-state index contributed by atoms with van der Waals surface area (Å²) in [6.45, 7) is 7.85. The van der Waals surface area contributed by atoms with E-state index in [9.17, 15) is 14.4 Å². The number of aliphatic hydroxyl groups is 1. The zero-order valence-corrected chi connectivity index (χ0v) is 19.5. The van der Waals surface area contributed by atoms with E-state index >= 15 is 0 Å². The molecule has 1 aliphatic rings. The number of rotatable bonds is 10. The number of aliphatic hydroxyl groups excluding tert-OH is 1. The van der Waals surface area contributed by atoms with E-state index < -0.39 is 6.04 Å².